The van der Waals surface area contributed by atoms with Gasteiger partial charge in [-0.15, -0.1) is 0 Å². The minimum Gasteiger partial charge on any atom is -0.494 e. The molecule has 0 aliphatic rings. The standard InChI is InChI=1S/C12H14F6O7S2Si/c1-28(24-26(19,20)11(13,14)15,25-27(21,22)12(16,17)18)9-5-8-23-10-6-3-2-4-7-10/h2-4,6-7H,5,8-9H2,1H3. The lowest BCUT2D eigenvalue weighted by Crippen LogP contribution is -2.48. The van der Waals surface area contributed by atoms with Crippen molar-refractivity contribution in [2.75, 3.05) is 6.61 Å². The Morgan fingerprint density at radius 2 is 1.29 bits per heavy atom. The van der Waals surface area contributed by atoms with Crippen LogP contribution in [0.5, 0.6) is 5.75 Å². The SMILES string of the molecule is C[Si](CCCOc1ccccc1)(OS(=O)(=O)C(F)(F)F)OS(=O)(=O)C(F)(F)F. The summed E-state index contributed by atoms with van der Waals surface area (Å²) in [4.78, 5) is 0. The Balaban J connectivity index is 2.97. The first kappa shape index (κ1) is 24.7. The number of hydrogen-bond acceptors (Lipinski definition) is 7. The van der Waals surface area contributed by atoms with E-state index in [9.17, 15) is 43.2 Å². The van der Waals surface area contributed by atoms with Gasteiger partial charge >= 0.3 is 39.8 Å². The molecule has 0 fully saturated rings. The van der Waals surface area contributed by atoms with Crippen LogP contribution in [0.15, 0.2) is 30.3 Å². The molecule has 1 rings (SSSR count). The van der Waals surface area contributed by atoms with Crippen molar-refractivity contribution in [3.63, 3.8) is 0 Å². The van der Waals surface area contributed by atoms with Gasteiger partial charge in [-0.1, -0.05) is 18.2 Å². The number of ether oxygens (including phenoxy) is 1. The average molecular weight is 476 g/mol. The van der Waals surface area contributed by atoms with Crippen molar-refractivity contribution >= 4 is 28.8 Å². The van der Waals surface area contributed by atoms with Crippen LogP contribution in [0.4, 0.5) is 26.3 Å². The first-order valence-electron chi connectivity index (χ1n) is 7.21. The zero-order chi connectivity index (χ0) is 21.9. The smallest absolute Gasteiger partial charge is 0.494 e. The second kappa shape index (κ2) is 8.56. The van der Waals surface area contributed by atoms with E-state index in [4.69, 9.17) is 4.74 Å². The zero-order valence-corrected chi connectivity index (χ0v) is 16.6. The second-order valence-corrected chi connectivity index (χ2v) is 12.2. The van der Waals surface area contributed by atoms with E-state index in [0.29, 0.717) is 12.3 Å². The van der Waals surface area contributed by atoms with E-state index in [1.54, 1.807) is 18.2 Å². The summed E-state index contributed by atoms with van der Waals surface area (Å²) in [6.45, 7) is 0.180. The predicted molar refractivity (Wildman–Crippen MR) is 85.1 cm³/mol. The van der Waals surface area contributed by atoms with E-state index >= 15 is 0 Å². The summed E-state index contributed by atoms with van der Waals surface area (Å²) >= 11 is 0. The van der Waals surface area contributed by atoms with Crippen molar-refractivity contribution in [2.24, 2.45) is 0 Å². The Labute approximate surface area is 157 Å². The fraction of sp³-hybridized carbons (Fsp3) is 0.500. The third kappa shape index (κ3) is 6.91. The lowest BCUT2D eigenvalue weighted by atomic mass is 10.3. The highest BCUT2D eigenvalue weighted by Crippen LogP contribution is 2.34. The molecule has 0 spiro atoms. The molecule has 0 heterocycles. The number of hydrogen-bond donors (Lipinski definition) is 0. The number of halogens is 6. The third-order valence-electron chi connectivity index (χ3n) is 2.93. The normalized spacial score (nSPS) is 14.1. The van der Waals surface area contributed by atoms with Crippen molar-refractivity contribution in [3.05, 3.63) is 30.3 Å². The summed E-state index contributed by atoms with van der Waals surface area (Å²) in [7, 11) is -17.9. The molecule has 1 aromatic rings. The van der Waals surface area contributed by atoms with Crippen molar-refractivity contribution in [1.29, 1.82) is 0 Å². The Bertz CT molecular complexity index is 807. The predicted octanol–water partition coefficient (Wildman–Crippen LogP) is 3.26. The maximum Gasteiger partial charge on any atom is 0.522 e. The Morgan fingerprint density at radius 3 is 1.68 bits per heavy atom. The van der Waals surface area contributed by atoms with E-state index in [2.05, 4.69) is 7.74 Å². The fourth-order valence-electron chi connectivity index (χ4n) is 1.76. The Kier molecular flexibility index (Phi) is 7.54. The summed E-state index contributed by atoms with van der Waals surface area (Å²) in [5, 5.41) is 0. The van der Waals surface area contributed by atoms with Gasteiger partial charge in [0.2, 0.25) is 0 Å². The molecule has 7 nitrogen and oxygen atoms in total. The van der Waals surface area contributed by atoms with Gasteiger partial charge in [-0.05, 0) is 31.1 Å². The molecule has 0 aliphatic carbocycles. The van der Waals surface area contributed by atoms with Crippen molar-refractivity contribution in [3.8, 4) is 5.75 Å². The summed E-state index contributed by atoms with van der Waals surface area (Å²) in [5.41, 5.74) is -12.0. The minimum absolute atomic E-state index is 0.280. The second-order valence-electron chi connectivity index (χ2n) is 5.37. The first-order valence-corrected chi connectivity index (χ1v) is 12.5. The number of rotatable bonds is 9. The van der Waals surface area contributed by atoms with Crippen LogP contribution < -0.4 is 4.74 Å². The van der Waals surface area contributed by atoms with Crippen LogP contribution in [-0.2, 0) is 28.0 Å². The molecule has 162 valence electrons. The van der Waals surface area contributed by atoms with Gasteiger partial charge in [0, 0.05) is 0 Å². The fourth-order valence-corrected chi connectivity index (χ4v) is 8.04. The highest BCUT2D eigenvalue weighted by molar-refractivity contribution is 7.90. The molecule has 0 N–H and O–H groups in total. The van der Waals surface area contributed by atoms with Gasteiger partial charge in [0.1, 0.15) is 5.75 Å². The number of para-hydroxylation sites is 1. The molecular formula is C12H14F6O7S2Si. The summed E-state index contributed by atoms with van der Waals surface area (Å²) in [6, 6.07) is 6.99. The monoisotopic (exact) mass is 476 g/mol. The molecule has 1 aromatic carbocycles. The molecule has 0 aliphatic heterocycles. The maximum atomic E-state index is 12.5. The van der Waals surface area contributed by atoms with E-state index in [1.807, 2.05) is 0 Å². The highest BCUT2D eigenvalue weighted by Gasteiger charge is 2.57. The van der Waals surface area contributed by atoms with E-state index in [-0.39, 0.29) is 13.0 Å². The largest absolute Gasteiger partial charge is 0.522 e. The van der Waals surface area contributed by atoms with Gasteiger partial charge in [0.05, 0.1) is 6.61 Å². The van der Waals surface area contributed by atoms with E-state index in [0.717, 1.165) is 0 Å². The highest BCUT2D eigenvalue weighted by atomic mass is 32.2. The van der Waals surface area contributed by atoms with E-state index in [1.165, 1.54) is 12.1 Å². The van der Waals surface area contributed by atoms with Crippen LogP contribution in [0, 0.1) is 0 Å². The Hall–Kier alpha value is -1.36. The maximum absolute atomic E-state index is 12.5. The lowest BCUT2D eigenvalue weighted by molar-refractivity contribution is -0.0532. The minimum atomic E-state index is -6.40. The molecule has 0 radical (unpaired) electrons. The van der Waals surface area contributed by atoms with Gasteiger partial charge in [-0.2, -0.15) is 43.2 Å². The molecule has 0 aromatic heterocycles. The topological polar surface area (TPSA) is 96.0 Å². The van der Waals surface area contributed by atoms with Gasteiger partial charge in [-0.25, -0.2) is 0 Å². The molecule has 16 heteroatoms. The molecule has 0 unspecified atom stereocenters. The van der Waals surface area contributed by atoms with Crippen LogP contribution in [0.2, 0.25) is 12.6 Å². The quantitative estimate of drug-likeness (QED) is 0.234. The van der Waals surface area contributed by atoms with Crippen molar-refractivity contribution < 1.29 is 55.7 Å². The molecule has 0 saturated heterocycles. The summed E-state index contributed by atoms with van der Waals surface area (Å²) in [6.07, 6.45) is -0.349. The van der Waals surface area contributed by atoms with Crippen LogP contribution >= 0.6 is 0 Å². The Morgan fingerprint density at radius 1 is 0.857 bits per heavy atom. The first-order chi connectivity index (χ1) is 12.5. The van der Waals surface area contributed by atoms with Crippen LogP contribution in [0.25, 0.3) is 0 Å². The van der Waals surface area contributed by atoms with Crippen molar-refractivity contribution in [1.82, 2.24) is 0 Å². The van der Waals surface area contributed by atoms with Crippen molar-refractivity contribution in [2.45, 2.75) is 30.0 Å². The van der Waals surface area contributed by atoms with Crippen LogP contribution in [0.3, 0.4) is 0 Å². The molecule has 0 amide bonds. The number of alkyl halides is 6. The lowest BCUT2D eigenvalue weighted by Gasteiger charge is -2.26. The zero-order valence-electron chi connectivity index (χ0n) is 14.0. The van der Waals surface area contributed by atoms with Gasteiger partial charge in [-0.3, -0.25) is 7.74 Å². The van der Waals surface area contributed by atoms with Gasteiger partial charge in [0.25, 0.3) is 0 Å². The molecule has 0 atom stereocenters. The van der Waals surface area contributed by atoms with Crippen LogP contribution in [-0.4, -0.2) is 43.0 Å². The van der Waals surface area contributed by atoms with Crippen LogP contribution in [0.1, 0.15) is 6.42 Å². The van der Waals surface area contributed by atoms with Gasteiger partial charge < -0.3 is 4.74 Å². The average Bonchev–Trinajstić information content (AvgIpc) is 2.49. The third-order valence-corrected chi connectivity index (χ3v) is 9.90. The molecule has 0 bridgehead atoms. The summed E-state index contributed by atoms with van der Waals surface area (Å²) < 4.78 is 132. The molecule has 28 heavy (non-hydrogen) atoms. The van der Waals surface area contributed by atoms with Gasteiger partial charge in [0.15, 0.2) is 0 Å². The van der Waals surface area contributed by atoms with E-state index < -0.39 is 45.9 Å². The number of benzene rings is 1. The molecule has 0 saturated carbocycles. The summed E-state index contributed by atoms with van der Waals surface area (Å²) in [5.74, 6) is 0.318. The molecular weight excluding hydrogens is 462 g/mol.